The number of aromatic amines is 1. The van der Waals surface area contributed by atoms with Crippen LogP contribution in [0.3, 0.4) is 0 Å². The summed E-state index contributed by atoms with van der Waals surface area (Å²) in [5, 5.41) is 21.0. The first-order chi connectivity index (χ1) is 12.8. The van der Waals surface area contributed by atoms with Gasteiger partial charge in [-0.15, -0.1) is 5.10 Å². The smallest absolute Gasteiger partial charge is 0.257 e. The average molecular weight is 358 g/mol. The van der Waals surface area contributed by atoms with Crippen LogP contribution >= 0.6 is 0 Å². The number of aromatic nitrogens is 6. The zero-order valence-corrected chi connectivity index (χ0v) is 15.0. The minimum Gasteiger partial charge on any atom is -0.348 e. The van der Waals surface area contributed by atoms with Gasteiger partial charge >= 0.3 is 0 Å². The van der Waals surface area contributed by atoms with Gasteiger partial charge in [0.2, 0.25) is 0 Å². The molecule has 9 heteroatoms. The van der Waals surface area contributed by atoms with Gasteiger partial charge in [0.05, 0.1) is 6.20 Å². The molecule has 0 bridgehead atoms. The largest absolute Gasteiger partial charge is 0.348 e. The molecule has 0 radical (unpaired) electrons. The van der Waals surface area contributed by atoms with Gasteiger partial charge in [-0.05, 0) is 48.6 Å². The highest BCUT2D eigenvalue weighted by atomic mass is 16.1. The highest BCUT2D eigenvalue weighted by molar-refractivity contribution is 5.97. The molecule has 2 aliphatic rings. The van der Waals surface area contributed by atoms with Crippen molar-refractivity contribution in [3.05, 3.63) is 18.1 Å². The third-order valence-electron chi connectivity index (χ3n) is 5.52. The molecule has 1 aliphatic carbocycles. The molecular weight excluding hydrogens is 332 g/mol. The van der Waals surface area contributed by atoms with Crippen molar-refractivity contribution in [3.8, 4) is 5.82 Å². The van der Waals surface area contributed by atoms with E-state index in [4.69, 9.17) is 0 Å². The van der Waals surface area contributed by atoms with Crippen molar-refractivity contribution in [2.75, 3.05) is 19.6 Å². The van der Waals surface area contributed by atoms with Crippen LogP contribution in [0.15, 0.2) is 12.5 Å². The summed E-state index contributed by atoms with van der Waals surface area (Å²) in [5.41, 5.74) is 0.460. The second kappa shape index (κ2) is 7.94. The van der Waals surface area contributed by atoms with Crippen molar-refractivity contribution < 1.29 is 4.79 Å². The molecule has 0 aromatic carbocycles. The Morgan fingerprint density at radius 3 is 2.92 bits per heavy atom. The third kappa shape index (κ3) is 3.92. The predicted molar refractivity (Wildman–Crippen MR) is 94.8 cm³/mol. The normalized spacial score (nSPS) is 22.4. The molecule has 1 saturated carbocycles. The number of amides is 1. The van der Waals surface area contributed by atoms with Gasteiger partial charge in [-0.3, -0.25) is 9.89 Å². The molecule has 1 saturated heterocycles. The lowest BCUT2D eigenvalue weighted by Crippen LogP contribution is -2.49. The maximum atomic E-state index is 12.7. The number of H-pyrrole nitrogens is 1. The first-order valence-electron chi connectivity index (χ1n) is 9.59. The quantitative estimate of drug-likeness (QED) is 0.831. The zero-order valence-electron chi connectivity index (χ0n) is 15.0. The Labute approximate surface area is 152 Å². The molecule has 2 fully saturated rings. The van der Waals surface area contributed by atoms with Gasteiger partial charge in [-0.2, -0.15) is 9.78 Å². The number of carbonyl (C=O) groups excluding carboxylic acids is 1. The van der Waals surface area contributed by atoms with Crippen LogP contribution in [0.2, 0.25) is 0 Å². The van der Waals surface area contributed by atoms with Gasteiger partial charge in [0.25, 0.3) is 5.91 Å². The number of likely N-dealkylation sites (tertiary alicyclic amines) is 1. The summed E-state index contributed by atoms with van der Waals surface area (Å²) in [6, 6.07) is 0.177. The lowest BCUT2D eigenvalue weighted by molar-refractivity contribution is 0.0890. The van der Waals surface area contributed by atoms with Gasteiger partial charge in [-0.25, -0.2) is 0 Å². The first-order valence-corrected chi connectivity index (χ1v) is 9.59. The molecular formula is C17H26N8O. The summed E-state index contributed by atoms with van der Waals surface area (Å²) in [6.45, 7) is 3.25. The summed E-state index contributed by atoms with van der Waals surface area (Å²) in [5.74, 6) is 1.19. The molecule has 1 amide bonds. The minimum absolute atomic E-state index is 0.131. The summed E-state index contributed by atoms with van der Waals surface area (Å²) in [6.07, 6.45) is 12.0. The van der Waals surface area contributed by atoms with E-state index in [1.165, 1.54) is 55.9 Å². The lowest BCUT2D eigenvalue weighted by Gasteiger charge is -2.36. The van der Waals surface area contributed by atoms with Crippen molar-refractivity contribution >= 4 is 5.91 Å². The van der Waals surface area contributed by atoms with Crippen molar-refractivity contribution in [1.29, 1.82) is 0 Å². The SMILES string of the molecule is O=C(NC1CCCN(CC2CCCCC2)C1)c1cn[nH]c1-n1cnnn1. The fraction of sp³-hybridized carbons (Fsp3) is 0.706. The highest BCUT2D eigenvalue weighted by Gasteiger charge is 2.26. The van der Waals surface area contributed by atoms with E-state index in [0.717, 1.165) is 31.8 Å². The van der Waals surface area contributed by atoms with E-state index in [1.54, 1.807) is 0 Å². The van der Waals surface area contributed by atoms with Crippen molar-refractivity contribution in [3.63, 3.8) is 0 Å². The molecule has 1 unspecified atom stereocenters. The van der Waals surface area contributed by atoms with Crippen molar-refractivity contribution in [2.24, 2.45) is 5.92 Å². The summed E-state index contributed by atoms with van der Waals surface area (Å²) in [4.78, 5) is 15.2. The van der Waals surface area contributed by atoms with Crippen LogP contribution in [0, 0.1) is 5.92 Å². The van der Waals surface area contributed by atoms with Crippen molar-refractivity contribution in [2.45, 2.75) is 51.0 Å². The summed E-state index contributed by atoms with van der Waals surface area (Å²) < 4.78 is 1.41. The number of carbonyl (C=O) groups is 1. The van der Waals surface area contributed by atoms with Crippen LogP contribution in [-0.4, -0.2) is 66.9 Å². The van der Waals surface area contributed by atoms with E-state index in [9.17, 15) is 4.79 Å². The van der Waals surface area contributed by atoms with Crippen LogP contribution in [0.4, 0.5) is 0 Å². The molecule has 0 spiro atoms. The first kappa shape index (κ1) is 17.1. The topological polar surface area (TPSA) is 105 Å². The van der Waals surface area contributed by atoms with Crippen LogP contribution in [0.25, 0.3) is 5.82 Å². The molecule has 1 atom stereocenters. The molecule has 2 N–H and O–H groups in total. The molecule has 140 valence electrons. The van der Waals surface area contributed by atoms with E-state index in [-0.39, 0.29) is 11.9 Å². The molecule has 3 heterocycles. The van der Waals surface area contributed by atoms with Crippen LogP contribution in [0.1, 0.15) is 55.3 Å². The third-order valence-corrected chi connectivity index (χ3v) is 5.52. The Hall–Kier alpha value is -2.29. The molecule has 4 rings (SSSR count). The second-order valence-electron chi connectivity index (χ2n) is 7.46. The number of piperidine rings is 1. The molecule has 2 aromatic heterocycles. The van der Waals surface area contributed by atoms with Gasteiger partial charge in [-0.1, -0.05) is 19.3 Å². The standard InChI is InChI=1S/C17H26N8O/c26-17(15-9-18-21-16(15)25-12-19-22-23-25)20-14-7-4-8-24(11-14)10-13-5-2-1-3-6-13/h9,12-14H,1-8,10-11H2,(H,18,21)(H,20,26). The number of hydrogen-bond donors (Lipinski definition) is 2. The molecule has 1 aliphatic heterocycles. The Kier molecular flexibility index (Phi) is 5.24. The van der Waals surface area contributed by atoms with Crippen LogP contribution < -0.4 is 5.32 Å². The summed E-state index contributed by atoms with van der Waals surface area (Å²) in [7, 11) is 0. The maximum Gasteiger partial charge on any atom is 0.257 e. The predicted octanol–water partition coefficient (Wildman–Crippen LogP) is 1.16. The maximum absolute atomic E-state index is 12.7. The second-order valence-corrected chi connectivity index (χ2v) is 7.46. The number of tetrazole rings is 1. The zero-order chi connectivity index (χ0) is 17.8. The Bertz CT molecular complexity index is 706. The molecule has 2 aromatic rings. The fourth-order valence-corrected chi connectivity index (χ4v) is 4.22. The number of rotatable bonds is 5. The monoisotopic (exact) mass is 358 g/mol. The highest BCUT2D eigenvalue weighted by Crippen LogP contribution is 2.25. The fourth-order valence-electron chi connectivity index (χ4n) is 4.22. The van der Waals surface area contributed by atoms with Gasteiger partial charge < -0.3 is 10.2 Å². The molecule has 9 nitrogen and oxygen atoms in total. The Morgan fingerprint density at radius 2 is 2.12 bits per heavy atom. The van der Waals surface area contributed by atoms with Crippen LogP contribution in [0.5, 0.6) is 0 Å². The van der Waals surface area contributed by atoms with Gasteiger partial charge in [0.1, 0.15) is 11.9 Å². The van der Waals surface area contributed by atoms with E-state index in [2.05, 4.69) is 35.9 Å². The van der Waals surface area contributed by atoms with Gasteiger partial charge in [0.15, 0.2) is 5.82 Å². The minimum atomic E-state index is -0.131. The number of hydrogen-bond acceptors (Lipinski definition) is 6. The average Bonchev–Trinajstić information content (AvgIpc) is 3.34. The van der Waals surface area contributed by atoms with E-state index >= 15 is 0 Å². The summed E-state index contributed by atoms with van der Waals surface area (Å²) >= 11 is 0. The van der Waals surface area contributed by atoms with E-state index in [1.807, 2.05) is 0 Å². The number of nitrogens with zero attached hydrogens (tertiary/aromatic N) is 6. The van der Waals surface area contributed by atoms with Crippen molar-refractivity contribution in [1.82, 2.24) is 40.6 Å². The Balaban J connectivity index is 1.35. The van der Waals surface area contributed by atoms with Gasteiger partial charge in [0, 0.05) is 19.1 Å². The van der Waals surface area contributed by atoms with E-state index < -0.39 is 0 Å². The van der Waals surface area contributed by atoms with E-state index in [0.29, 0.717) is 11.4 Å². The lowest BCUT2D eigenvalue weighted by atomic mass is 9.88. The van der Waals surface area contributed by atoms with Crippen LogP contribution in [-0.2, 0) is 0 Å². The number of nitrogens with one attached hydrogen (secondary N) is 2. The Morgan fingerprint density at radius 1 is 1.23 bits per heavy atom. The molecule has 26 heavy (non-hydrogen) atoms.